The smallest absolute Gasteiger partial charge is 0.870 e. The molecule has 4 fully saturated rings. The number of fused-ring (bicyclic) bond motifs is 8. The number of aldehydes is 1. The molecule has 4 saturated heterocycles. The summed E-state index contributed by atoms with van der Waals surface area (Å²) in [5.74, 6) is 1.88. The number of aromatic nitrogens is 12. The number of rotatable bonds is 20. The van der Waals surface area contributed by atoms with E-state index in [9.17, 15) is 37.5 Å². The molecule has 652 valence electrons. The number of anilines is 8. The van der Waals surface area contributed by atoms with Gasteiger partial charge >= 0.3 is 53.6 Å². The quantitative estimate of drug-likeness (QED) is 0.0313. The number of halogens is 3. The number of ether oxygens (including phenoxy) is 2. The van der Waals surface area contributed by atoms with E-state index in [0.717, 1.165) is 158 Å². The molecule has 5 aliphatic rings. The van der Waals surface area contributed by atoms with Crippen molar-refractivity contribution in [2.45, 2.75) is 157 Å². The van der Waals surface area contributed by atoms with Crippen molar-refractivity contribution in [1.82, 2.24) is 63.7 Å². The Morgan fingerprint density at radius 3 is 1.19 bits per heavy atom. The third-order valence-electron chi connectivity index (χ3n) is 21.2. The van der Waals surface area contributed by atoms with Crippen LogP contribution in [0.3, 0.4) is 0 Å². The number of carboxylic acids is 1. The Labute approximate surface area is 740 Å². The maximum atomic E-state index is 12.8. The van der Waals surface area contributed by atoms with Gasteiger partial charge in [0.25, 0.3) is 5.91 Å². The molecular formula is C88H109F3N23NaO9. The maximum Gasteiger partial charge on any atom is 1.00 e. The van der Waals surface area contributed by atoms with Gasteiger partial charge in [-0.2, -0.15) is 33.6 Å². The van der Waals surface area contributed by atoms with E-state index < -0.39 is 30.4 Å². The fourth-order valence-corrected chi connectivity index (χ4v) is 15.3. The molecule has 17 rings (SSSR count). The molecular weight excluding hydrogens is 1600 g/mol. The van der Waals surface area contributed by atoms with Gasteiger partial charge in [-0.25, -0.2) is 52.4 Å². The number of nitrogens with two attached hydrogens (primary N) is 2. The van der Waals surface area contributed by atoms with Crippen molar-refractivity contribution in [3.8, 4) is 0 Å². The maximum absolute atomic E-state index is 12.8. The molecule has 5 aliphatic heterocycles. The molecule has 0 radical (unpaired) electrons. The van der Waals surface area contributed by atoms with E-state index >= 15 is 0 Å². The van der Waals surface area contributed by atoms with Crippen LogP contribution in [-0.4, -0.2) is 189 Å². The first kappa shape index (κ1) is 94.2. The summed E-state index contributed by atoms with van der Waals surface area (Å²) in [5.41, 5.74) is 25.3. The number of nitrogens with one attached hydrogen (secondary N) is 1. The summed E-state index contributed by atoms with van der Waals surface area (Å²) in [6, 6.07) is 42.1. The van der Waals surface area contributed by atoms with Crippen molar-refractivity contribution in [1.29, 1.82) is 0 Å². The number of hydrogen-bond donors (Lipinski definition) is 4. The zero-order valence-corrected chi connectivity index (χ0v) is 72.6. The molecule has 8 aromatic heterocycles. The van der Waals surface area contributed by atoms with Crippen LogP contribution in [0.4, 0.5) is 59.2 Å². The van der Waals surface area contributed by atoms with Crippen LogP contribution in [0.5, 0.6) is 0 Å². The minimum atomic E-state index is -4.64. The van der Waals surface area contributed by atoms with Gasteiger partial charge in [0.05, 0.1) is 60.8 Å². The van der Waals surface area contributed by atoms with Crippen LogP contribution >= 0.6 is 0 Å². The zero-order chi connectivity index (χ0) is 85.4. The second-order valence-electron chi connectivity index (χ2n) is 30.6. The molecule has 2 bridgehead atoms. The monoisotopic (exact) mass is 1710 g/mol. The molecule has 124 heavy (non-hydrogen) atoms. The van der Waals surface area contributed by atoms with E-state index in [2.05, 4.69) is 176 Å². The number of carbonyl (C=O) groups excluding carboxylic acids is 4. The minimum absolute atomic E-state index is 0. The van der Waals surface area contributed by atoms with Crippen molar-refractivity contribution in [2.75, 3.05) is 106 Å². The third-order valence-corrected chi connectivity index (χ3v) is 21.2. The van der Waals surface area contributed by atoms with Crippen LogP contribution in [0.1, 0.15) is 171 Å². The molecule has 0 aliphatic carbocycles. The Morgan fingerprint density at radius 1 is 0.500 bits per heavy atom. The van der Waals surface area contributed by atoms with Gasteiger partial charge in [-0.3, -0.25) is 49.7 Å². The molecule has 12 aromatic rings. The average molecular weight is 1710 g/mol. The molecule has 1 amide bonds. The predicted octanol–water partition coefficient (Wildman–Crippen LogP) is 9.92. The number of carbonyl (C=O) groups is 5. The van der Waals surface area contributed by atoms with E-state index in [0.29, 0.717) is 58.4 Å². The van der Waals surface area contributed by atoms with Gasteiger partial charge in [0.15, 0.2) is 45.9 Å². The standard InChI is InChI=1S/C23H29N5O2.C22H28N6O2.C20H24N6O2.C20H22N6O.C2HF3O.CH4.Na.H2O/c1-4-30-23(29)19-16-24-26-15-12-21(25-22(19)26)28-14-7-13-27(28)20-9-6-5-8-18(20)11-10-17(2)3;1-3-30-22(29)18-15-24-26-14-11-20(25-21(18)26)28-13-6-12-27(28)19-8-5-4-7-17(19)10-9-16(2)23;1-14(21)7-8-15-5-2-3-6-17(15)25-10-4-11-26(25)18-9-12-24-19(23-18)16(13-22-24)20(27)28;1-14-7-8-15-5-2-3-6-17(15)25-10-4-11-26(25)18-9-12-24-19(23-18)16(13-21-24)20(27)22-14;3-2(4,5)1-6;;;/h5-6,8-9,12,15-17H,4,7,10-11,13-14H2,1-3H3;4-5,7-8,11,14-16H,3,6,9-10,12-13,23H2,1-2H3;2-3,5-6,9,12-14H,4,7-8,10-11,21H2,1H3,(H,27,28);2-3,5-6,9,12-14H,4,7-8,10-11H2,1H3,(H,22,27);1H;1H4;;1H2/q;;;;;;+1;/p-1/t;16-;2*14-;;;;/m.111..../s1. The zero-order valence-electron chi connectivity index (χ0n) is 70.6. The second kappa shape index (κ2) is 43.3. The van der Waals surface area contributed by atoms with Crippen molar-refractivity contribution < 1.29 is 86.8 Å². The number of nitrogens with zero attached hydrogens (tertiary/aromatic N) is 20. The van der Waals surface area contributed by atoms with Crippen molar-refractivity contribution in [3.63, 3.8) is 0 Å². The minimum Gasteiger partial charge on any atom is -0.870 e. The Bertz CT molecular complexity index is 5420. The summed E-state index contributed by atoms with van der Waals surface area (Å²) < 4.78 is 47.9. The van der Waals surface area contributed by atoms with Crippen LogP contribution in [0, 0.1) is 5.92 Å². The van der Waals surface area contributed by atoms with Crippen LogP contribution < -0.4 is 86.4 Å². The number of hydrazine groups is 4. The average Bonchev–Trinajstić information content (AvgIpc) is 1.63. The molecule has 7 N–H and O–H groups in total. The third kappa shape index (κ3) is 22.5. The van der Waals surface area contributed by atoms with Crippen LogP contribution in [0.2, 0.25) is 0 Å². The molecule has 0 unspecified atom stereocenters. The van der Waals surface area contributed by atoms with Gasteiger partial charge in [-0.05, 0) is 164 Å². The number of hydrogen-bond acceptors (Lipinski definition) is 26. The van der Waals surface area contributed by atoms with E-state index in [1.165, 1.54) is 62.4 Å². The van der Waals surface area contributed by atoms with Crippen LogP contribution in [0.25, 0.3) is 22.6 Å². The molecule has 36 heteroatoms. The molecule has 0 spiro atoms. The van der Waals surface area contributed by atoms with E-state index in [4.69, 9.17) is 40.7 Å². The molecule has 3 atom stereocenters. The summed E-state index contributed by atoms with van der Waals surface area (Å²) in [4.78, 5) is 76.4. The van der Waals surface area contributed by atoms with Gasteiger partial charge in [0, 0.05) is 120 Å². The fourth-order valence-electron chi connectivity index (χ4n) is 15.3. The Balaban J connectivity index is 0.000000168. The van der Waals surface area contributed by atoms with Gasteiger partial charge in [0.1, 0.15) is 22.3 Å². The topological polar surface area (TPSA) is 365 Å². The van der Waals surface area contributed by atoms with Crippen molar-refractivity contribution in [3.05, 3.63) is 215 Å². The number of aryl methyl sites for hydroxylation is 4. The number of esters is 2. The Hall–Kier alpha value is -12.0. The summed E-state index contributed by atoms with van der Waals surface area (Å²) in [6.07, 6.45) is 19.4. The first-order chi connectivity index (χ1) is 58.5. The summed E-state index contributed by atoms with van der Waals surface area (Å²) in [6.45, 7) is 22.0. The van der Waals surface area contributed by atoms with Crippen molar-refractivity contribution >= 4 is 98.7 Å². The second-order valence-corrected chi connectivity index (χ2v) is 30.6. The first-order valence-electron chi connectivity index (χ1n) is 41.3. The largest absolute Gasteiger partial charge is 1.00 e. The van der Waals surface area contributed by atoms with Crippen LogP contribution in [-0.2, 0) is 40.0 Å². The first-order valence-corrected chi connectivity index (χ1v) is 41.3. The summed E-state index contributed by atoms with van der Waals surface area (Å²) >= 11 is 0. The number of carboxylic acid groups (broad SMARTS) is 1. The number of benzene rings is 4. The SMILES string of the molecule is C.CCOC(=O)c1cnn2ccc(N3CCCN3c3ccccc3CCC(C)C)nc12.CCOC(=O)c1cnn2ccc(N3CCCN3c3ccccc3CC[C@@H](C)N)nc12.C[C@@H](N)CCc1ccccc1N1CCCN1c1ccn2ncc(C(=O)O)c2n1.C[C@@H]1CCc2ccccc2N2CCCN2c2ccn3ncc(c3n2)C(=O)N1.O=CC(F)(F)F.[Na+].[OH-]. The number of aromatic carboxylic acids is 1. The molecule has 0 saturated carbocycles. The predicted molar refractivity (Wildman–Crippen MR) is 467 cm³/mol. The molecule has 13 heterocycles. The fraction of sp³-hybridized carbons (Fsp3) is 0.398. The summed E-state index contributed by atoms with van der Waals surface area (Å²) in [5, 5.41) is 47.1. The van der Waals surface area contributed by atoms with E-state index in [1.54, 1.807) is 39.8 Å². The van der Waals surface area contributed by atoms with Crippen molar-refractivity contribution in [2.24, 2.45) is 17.4 Å². The van der Waals surface area contributed by atoms with Gasteiger partial charge in [-0.15, -0.1) is 0 Å². The number of alkyl halides is 3. The number of amides is 1. The van der Waals surface area contributed by atoms with E-state index in [-0.39, 0.29) is 72.1 Å². The Morgan fingerprint density at radius 2 is 0.823 bits per heavy atom. The molecule has 4 aromatic carbocycles. The molecule has 32 nitrogen and oxygen atoms in total. The summed E-state index contributed by atoms with van der Waals surface area (Å²) in [7, 11) is 0. The van der Waals surface area contributed by atoms with Gasteiger partial charge in [0.2, 0.25) is 6.29 Å². The van der Waals surface area contributed by atoms with Gasteiger partial charge in [-0.1, -0.05) is 94.1 Å². The number of para-hydroxylation sites is 4. The van der Waals surface area contributed by atoms with Crippen LogP contribution in [0.15, 0.2) is 171 Å². The van der Waals surface area contributed by atoms with Gasteiger partial charge < -0.3 is 36.8 Å². The normalized spacial score (nSPS) is 15.4. The van der Waals surface area contributed by atoms with E-state index in [1.807, 2.05) is 69.7 Å². The Kier molecular flexibility index (Phi) is 32.9.